The summed E-state index contributed by atoms with van der Waals surface area (Å²) in [6.45, 7) is 0. The first-order chi connectivity index (χ1) is 7.34. The number of nitrogens with zero attached hydrogens (tertiary/aromatic N) is 1. The topological polar surface area (TPSA) is 38.9 Å². The van der Waals surface area contributed by atoms with E-state index in [1.165, 1.54) is 5.56 Å². The van der Waals surface area contributed by atoms with Crippen molar-refractivity contribution in [2.24, 2.45) is 0 Å². The summed E-state index contributed by atoms with van der Waals surface area (Å²) in [6, 6.07) is 14.0. The number of anilines is 1. The van der Waals surface area contributed by atoms with Gasteiger partial charge >= 0.3 is 0 Å². The molecule has 1 aromatic carbocycles. The standard InChI is InChI=1S/C13H14N2.ClH/c14-12-5-3-4-11(10-12)7-8-13-6-1-2-9-15-13;/h1-6,9-10H,7-8,14H2;1H. The number of rotatable bonds is 3. The third-order valence-corrected chi connectivity index (χ3v) is 2.35. The normalized spacial score (nSPS) is 9.50. The van der Waals surface area contributed by atoms with Gasteiger partial charge in [-0.05, 0) is 42.7 Å². The molecular weight excluding hydrogens is 220 g/mol. The molecule has 3 heteroatoms. The maximum atomic E-state index is 5.71. The zero-order valence-electron chi connectivity index (χ0n) is 8.97. The van der Waals surface area contributed by atoms with Crippen LogP contribution in [0.1, 0.15) is 11.3 Å². The molecule has 0 saturated heterocycles. The molecule has 0 aliphatic heterocycles. The van der Waals surface area contributed by atoms with E-state index in [2.05, 4.69) is 11.1 Å². The van der Waals surface area contributed by atoms with Crippen molar-refractivity contribution in [3.05, 3.63) is 59.9 Å². The Balaban J connectivity index is 0.00000128. The molecule has 2 N–H and O–H groups in total. The van der Waals surface area contributed by atoms with Crippen LogP contribution in [0.2, 0.25) is 0 Å². The zero-order chi connectivity index (χ0) is 10.5. The third kappa shape index (κ3) is 3.55. The van der Waals surface area contributed by atoms with Gasteiger partial charge in [-0.3, -0.25) is 4.98 Å². The summed E-state index contributed by atoms with van der Waals surface area (Å²) in [6.07, 6.45) is 3.78. The van der Waals surface area contributed by atoms with E-state index >= 15 is 0 Å². The molecular formula is C13H15ClN2. The van der Waals surface area contributed by atoms with Crippen LogP contribution in [0.5, 0.6) is 0 Å². The van der Waals surface area contributed by atoms with Gasteiger partial charge in [0.25, 0.3) is 0 Å². The van der Waals surface area contributed by atoms with Gasteiger partial charge in [0.05, 0.1) is 0 Å². The Morgan fingerprint density at radius 1 is 1.00 bits per heavy atom. The second-order valence-corrected chi connectivity index (χ2v) is 3.57. The summed E-state index contributed by atoms with van der Waals surface area (Å²) in [4.78, 5) is 4.28. The van der Waals surface area contributed by atoms with E-state index in [-0.39, 0.29) is 12.4 Å². The minimum Gasteiger partial charge on any atom is -0.399 e. The summed E-state index contributed by atoms with van der Waals surface area (Å²) in [5, 5.41) is 0. The average Bonchev–Trinajstić information content (AvgIpc) is 2.28. The Labute approximate surface area is 102 Å². The first-order valence-corrected chi connectivity index (χ1v) is 5.09. The minimum absolute atomic E-state index is 0. The molecule has 0 saturated carbocycles. The summed E-state index contributed by atoms with van der Waals surface area (Å²) < 4.78 is 0. The summed E-state index contributed by atoms with van der Waals surface area (Å²) >= 11 is 0. The van der Waals surface area contributed by atoms with Crippen LogP contribution in [-0.4, -0.2) is 4.98 Å². The molecule has 1 aromatic heterocycles. The maximum Gasteiger partial charge on any atom is 0.0406 e. The van der Waals surface area contributed by atoms with Gasteiger partial charge in [0.2, 0.25) is 0 Å². The predicted molar refractivity (Wildman–Crippen MR) is 69.7 cm³/mol. The van der Waals surface area contributed by atoms with Crippen LogP contribution in [0.3, 0.4) is 0 Å². The predicted octanol–water partition coefficient (Wildman–Crippen LogP) is 2.87. The molecule has 2 nitrogen and oxygen atoms in total. The molecule has 2 rings (SSSR count). The Kier molecular flexibility index (Phi) is 4.80. The lowest BCUT2D eigenvalue weighted by molar-refractivity contribution is 0.914. The van der Waals surface area contributed by atoms with Crippen LogP contribution < -0.4 is 5.73 Å². The number of benzene rings is 1. The Morgan fingerprint density at radius 3 is 2.56 bits per heavy atom. The van der Waals surface area contributed by atoms with Crippen LogP contribution in [0.15, 0.2) is 48.7 Å². The zero-order valence-corrected chi connectivity index (χ0v) is 9.78. The average molecular weight is 235 g/mol. The number of aromatic nitrogens is 1. The largest absolute Gasteiger partial charge is 0.399 e. The van der Waals surface area contributed by atoms with Crippen molar-refractivity contribution in [1.29, 1.82) is 0 Å². The molecule has 1 heterocycles. The van der Waals surface area contributed by atoms with E-state index in [9.17, 15) is 0 Å². The van der Waals surface area contributed by atoms with Crippen LogP contribution >= 0.6 is 12.4 Å². The highest BCUT2D eigenvalue weighted by Crippen LogP contribution is 2.09. The SMILES string of the molecule is Cl.Nc1cccc(CCc2ccccn2)c1. The van der Waals surface area contributed by atoms with Crippen LogP contribution in [0.25, 0.3) is 0 Å². The lowest BCUT2D eigenvalue weighted by Gasteiger charge is -2.02. The number of hydrogen-bond donors (Lipinski definition) is 1. The lowest BCUT2D eigenvalue weighted by atomic mass is 10.1. The molecule has 0 bridgehead atoms. The quantitative estimate of drug-likeness (QED) is 0.830. The highest BCUT2D eigenvalue weighted by atomic mass is 35.5. The van der Waals surface area contributed by atoms with E-state index < -0.39 is 0 Å². The van der Waals surface area contributed by atoms with Crippen molar-refractivity contribution in [1.82, 2.24) is 4.98 Å². The molecule has 0 unspecified atom stereocenters. The van der Waals surface area contributed by atoms with Gasteiger partial charge in [-0.25, -0.2) is 0 Å². The number of nitrogen functional groups attached to an aromatic ring is 1. The molecule has 0 atom stereocenters. The van der Waals surface area contributed by atoms with Crippen LogP contribution in [0.4, 0.5) is 5.69 Å². The lowest BCUT2D eigenvalue weighted by Crippen LogP contribution is -1.94. The smallest absolute Gasteiger partial charge is 0.0406 e. The van der Waals surface area contributed by atoms with Crippen LogP contribution in [0, 0.1) is 0 Å². The molecule has 0 fully saturated rings. The van der Waals surface area contributed by atoms with Crippen molar-refractivity contribution >= 4 is 18.1 Å². The van der Waals surface area contributed by atoms with Crippen LogP contribution in [-0.2, 0) is 12.8 Å². The second kappa shape index (κ2) is 6.13. The fourth-order valence-corrected chi connectivity index (χ4v) is 1.57. The Morgan fingerprint density at radius 2 is 1.88 bits per heavy atom. The monoisotopic (exact) mass is 234 g/mol. The van der Waals surface area contributed by atoms with Gasteiger partial charge in [0.15, 0.2) is 0 Å². The van der Waals surface area contributed by atoms with Crippen molar-refractivity contribution in [2.45, 2.75) is 12.8 Å². The van der Waals surface area contributed by atoms with E-state index in [4.69, 9.17) is 5.73 Å². The van der Waals surface area contributed by atoms with E-state index in [0.717, 1.165) is 24.2 Å². The van der Waals surface area contributed by atoms with E-state index in [1.807, 2.05) is 42.6 Å². The van der Waals surface area contributed by atoms with E-state index in [0.29, 0.717) is 0 Å². The molecule has 0 aliphatic carbocycles. The van der Waals surface area contributed by atoms with Gasteiger partial charge in [0.1, 0.15) is 0 Å². The number of nitrogens with two attached hydrogens (primary N) is 1. The van der Waals surface area contributed by atoms with Crippen molar-refractivity contribution in [3.8, 4) is 0 Å². The van der Waals surface area contributed by atoms with Gasteiger partial charge < -0.3 is 5.73 Å². The fraction of sp³-hybridized carbons (Fsp3) is 0.154. The molecule has 0 aliphatic rings. The molecule has 2 aromatic rings. The number of aryl methyl sites for hydroxylation is 2. The maximum absolute atomic E-state index is 5.71. The molecule has 0 spiro atoms. The summed E-state index contributed by atoms with van der Waals surface area (Å²) in [7, 11) is 0. The Bertz CT molecular complexity index is 429. The minimum atomic E-state index is 0. The van der Waals surface area contributed by atoms with Crippen molar-refractivity contribution in [2.75, 3.05) is 5.73 Å². The van der Waals surface area contributed by atoms with E-state index in [1.54, 1.807) is 0 Å². The number of pyridine rings is 1. The summed E-state index contributed by atoms with van der Waals surface area (Å²) in [5.74, 6) is 0. The Hall–Kier alpha value is -1.54. The highest BCUT2D eigenvalue weighted by molar-refractivity contribution is 5.85. The number of halogens is 1. The first kappa shape index (κ1) is 12.5. The van der Waals surface area contributed by atoms with Gasteiger partial charge in [-0.1, -0.05) is 18.2 Å². The van der Waals surface area contributed by atoms with Crippen molar-refractivity contribution in [3.63, 3.8) is 0 Å². The molecule has 0 amide bonds. The van der Waals surface area contributed by atoms with Gasteiger partial charge in [-0.2, -0.15) is 0 Å². The molecule has 0 radical (unpaired) electrons. The third-order valence-electron chi connectivity index (χ3n) is 2.35. The highest BCUT2D eigenvalue weighted by Gasteiger charge is 1.96. The van der Waals surface area contributed by atoms with Gasteiger partial charge in [0, 0.05) is 17.6 Å². The first-order valence-electron chi connectivity index (χ1n) is 5.09. The summed E-state index contributed by atoms with van der Waals surface area (Å²) in [5.41, 5.74) is 8.93. The molecule has 84 valence electrons. The van der Waals surface area contributed by atoms with Crippen molar-refractivity contribution < 1.29 is 0 Å². The molecule has 16 heavy (non-hydrogen) atoms. The second-order valence-electron chi connectivity index (χ2n) is 3.57. The number of hydrogen-bond acceptors (Lipinski definition) is 2. The van der Waals surface area contributed by atoms with Gasteiger partial charge in [-0.15, -0.1) is 12.4 Å². The fourth-order valence-electron chi connectivity index (χ4n) is 1.57.